The van der Waals surface area contributed by atoms with Crippen LogP contribution in [0.3, 0.4) is 0 Å². The number of thioether (sulfide) groups is 1. The molecule has 1 aromatic heterocycles. The van der Waals surface area contributed by atoms with Crippen molar-refractivity contribution in [3.63, 3.8) is 0 Å². The molecule has 0 bridgehead atoms. The molecule has 0 fully saturated rings. The quantitative estimate of drug-likeness (QED) is 0.662. The third-order valence-electron chi connectivity index (χ3n) is 2.72. The van der Waals surface area contributed by atoms with Crippen molar-refractivity contribution < 1.29 is 26.8 Å². The fourth-order valence-corrected chi connectivity index (χ4v) is 2.34. The lowest BCUT2D eigenvalue weighted by Gasteiger charge is -2.11. The minimum absolute atomic E-state index is 0.138. The number of carbonyl (C=O) groups excluding carboxylic acids is 1. The molecule has 0 aliphatic carbocycles. The number of carbonyl (C=O) groups is 1. The molecule has 124 valence electrons. The van der Waals surface area contributed by atoms with E-state index in [9.17, 15) is 22.4 Å². The number of aromatic nitrogens is 1. The first-order valence-corrected chi connectivity index (χ1v) is 7.35. The number of amides is 1. The van der Waals surface area contributed by atoms with Crippen LogP contribution in [0.15, 0.2) is 40.1 Å². The number of alkyl halides is 3. The molecule has 4 nitrogen and oxygen atoms in total. The van der Waals surface area contributed by atoms with Gasteiger partial charge in [0.05, 0.1) is 11.4 Å². The molecular weight excluding hydrogens is 336 g/mol. The number of hydrogen-bond acceptors (Lipinski definition) is 4. The van der Waals surface area contributed by atoms with E-state index in [0.29, 0.717) is 11.3 Å². The smallest absolute Gasteiger partial charge is 0.405 e. The summed E-state index contributed by atoms with van der Waals surface area (Å²) in [7, 11) is 0. The van der Waals surface area contributed by atoms with Crippen molar-refractivity contribution in [2.75, 3.05) is 6.54 Å². The van der Waals surface area contributed by atoms with Crippen LogP contribution in [0.1, 0.15) is 6.92 Å². The Bertz CT molecular complexity index is 670. The van der Waals surface area contributed by atoms with Crippen molar-refractivity contribution in [3.8, 4) is 11.3 Å². The summed E-state index contributed by atoms with van der Waals surface area (Å²) in [6.07, 6.45) is -3.06. The molecule has 23 heavy (non-hydrogen) atoms. The predicted octanol–water partition coefficient (Wildman–Crippen LogP) is 3.64. The van der Waals surface area contributed by atoms with Crippen molar-refractivity contribution in [3.05, 3.63) is 36.3 Å². The minimum Gasteiger partial charge on any atom is -0.431 e. The van der Waals surface area contributed by atoms with Gasteiger partial charge in [-0.05, 0) is 31.2 Å². The van der Waals surface area contributed by atoms with Crippen LogP contribution >= 0.6 is 11.8 Å². The zero-order valence-electron chi connectivity index (χ0n) is 11.9. The van der Waals surface area contributed by atoms with Crippen molar-refractivity contribution in [1.29, 1.82) is 0 Å². The molecule has 9 heteroatoms. The van der Waals surface area contributed by atoms with Gasteiger partial charge in [0.1, 0.15) is 12.4 Å². The number of hydrogen-bond donors (Lipinski definition) is 1. The zero-order valence-corrected chi connectivity index (χ0v) is 12.7. The lowest BCUT2D eigenvalue weighted by Crippen LogP contribution is -2.37. The lowest BCUT2D eigenvalue weighted by atomic mass is 10.2. The van der Waals surface area contributed by atoms with Crippen LogP contribution in [0.4, 0.5) is 17.6 Å². The average molecular weight is 348 g/mol. The second-order valence-electron chi connectivity index (χ2n) is 4.59. The van der Waals surface area contributed by atoms with Gasteiger partial charge in [-0.1, -0.05) is 11.8 Å². The van der Waals surface area contributed by atoms with E-state index in [0.717, 1.165) is 11.8 Å². The maximum absolute atomic E-state index is 12.9. The van der Waals surface area contributed by atoms with Crippen molar-refractivity contribution in [1.82, 2.24) is 10.3 Å². The Morgan fingerprint density at radius 3 is 2.61 bits per heavy atom. The SMILES string of the molecule is CC(Sc1ncc(-c2ccc(F)cc2)o1)C(=O)NCC(F)(F)F. The first kappa shape index (κ1) is 17.3. The van der Waals surface area contributed by atoms with E-state index in [1.165, 1.54) is 37.4 Å². The Hall–Kier alpha value is -2.03. The van der Waals surface area contributed by atoms with Gasteiger partial charge in [0, 0.05) is 5.56 Å². The molecule has 1 aromatic carbocycles. The summed E-state index contributed by atoms with van der Waals surface area (Å²) in [6.45, 7) is 0.0568. The number of nitrogens with one attached hydrogen (secondary N) is 1. The summed E-state index contributed by atoms with van der Waals surface area (Å²) in [5, 5.41) is 1.12. The topological polar surface area (TPSA) is 55.1 Å². The molecule has 2 aromatic rings. The molecule has 1 amide bonds. The Morgan fingerprint density at radius 2 is 2.00 bits per heavy atom. The van der Waals surface area contributed by atoms with E-state index in [-0.39, 0.29) is 5.22 Å². The second-order valence-corrected chi connectivity index (χ2v) is 5.88. The normalized spacial score (nSPS) is 12.9. The van der Waals surface area contributed by atoms with E-state index in [1.807, 2.05) is 0 Å². The number of benzene rings is 1. The molecule has 0 aliphatic heterocycles. The standard InChI is InChI=1S/C14H12F4N2O2S/c1-8(12(21)20-7-14(16,17)18)23-13-19-6-11(22-13)9-2-4-10(15)5-3-9/h2-6,8H,7H2,1H3,(H,20,21). The molecule has 2 rings (SSSR count). The van der Waals surface area contributed by atoms with Gasteiger partial charge in [-0.2, -0.15) is 13.2 Å². The maximum Gasteiger partial charge on any atom is 0.405 e. The van der Waals surface area contributed by atoms with Gasteiger partial charge >= 0.3 is 6.18 Å². The van der Waals surface area contributed by atoms with Crippen molar-refractivity contribution >= 4 is 17.7 Å². The van der Waals surface area contributed by atoms with E-state index in [1.54, 1.807) is 5.32 Å². The highest BCUT2D eigenvalue weighted by Gasteiger charge is 2.29. The molecule has 0 saturated heterocycles. The lowest BCUT2D eigenvalue weighted by molar-refractivity contribution is -0.137. The van der Waals surface area contributed by atoms with Gasteiger partial charge in [0.2, 0.25) is 5.91 Å². The van der Waals surface area contributed by atoms with Crippen molar-refractivity contribution in [2.45, 2.75) is 23.6 Å². The highest BCUT2D eigenvalue weighted by atomic mass is 32.2. The van der Waals surface area contributed by atoms with Crippen molar-refractivity contribution in [2.24, 2.45) is 0 Å². The third-order valence-corrected chi connectivity index (χ3v) is 3.68. The molecule has 0 spiro atoms. The number of rotatable bonds is 5. The Labute approximate surface area is 133 Å². The van der Waals surface area contributed by atoms with Gasteiger partial charge in [-0.25, -0.2) is 9.37 Å². The first-order valence-electron chi connectivity index (χ1n) is 6.47. The largest absolute Gasteiger partial charge is 0.431 e. The molecule has 1 heterocycles. The summed E-state index contributed by atoms with van der Waals surface area (Å²) >= 11 is 0.890. The van der Waals surface area contributed by atoms with Gasteiger partial charge < -0.3 is 9.73 Å². The molecule has 1 atom stereocenters. The summed E-state index contributed by atoms with van der Waals surface area (Å²) in [5.41, 5.74) is 0.597. The fraction of sp³-hybridized carbons (Fsp3) is 0.286. The summed E-state index contributed by atoms with van der Waals surface area (Å²) < 4.78 is 54.4. The Morgan fingerprint density at radius 1 is 1.35 bits per heavy atom. The van der Waals surface area contributed by atoms with Crippen LogP contribution in [-0.2, 0) is 4.79 Å². The Kier molecular flexibility index (Phi) is 5.30. The number of halogens is 4. The average Bonchev–Trinajstić information content (AvgIpc) is 2.93. The molecule has 1 N–H and O–H groups in total. The van der Waals surface area contributed by atoms with Crippen LogP contribution in [0.2, 0.25) is 0 Å². The number of oxazole rings is 1. The van der Waals surface area contributed by atoms with Crippen LogP contribution in [0.5, 0.6) is 0 Å². The molecule has 1 unspecified atom stereocenters. The second kappa shape index (κ2) is 7.03. The first-order chi connectivity index (χ1) is 10.7. The third kappa shape index (κ3) is 5.27. The molecule has 0 radical (unpaired) electrons. The summed E-state index contributed by atoms with van der Waals surface area (Å²) in [4.78, 5) is 15.5. The minimum atomic E-state index is -4.46. The predicted molar refractivity (Wildman–Crippen MR) is 76.3 cm³/mol. The van der Waals surface area contributed by atoms with Crippen LogP contribution in [0.25, 0.3) is 11.3 Å². The van der Waals surface area contributed by atoms with Crippen LogP contribution in [0, 0.1) is 5.82 Å². The summed E-state index contributed by atoms with van der Waals surface area (Å²) in [5.74, 6) is -0.790. The Balaban J connectivity index is 1.95. The monoisotopic (exact) mass is 348 g/mol. The van der Waals surface area contributed by atoms with Gasteiger partial charge in [0.15, 0.2) is 5.76 Å². The van der Waals surface area contributed by atoms with Gasteiger partial charge in [-0.15, -0.1) is 0 Å². The number of nitrogens with zero attached hydrogens (tertiary/aromatic N) is 1. The molecule has 0 saturated carbocycles. The maximum atomic E-state index is 12.9. The van der Waals surface area contributed by atoms with Crippen LogP contribution < -0.4 is 5.32 Å². The van der Waals surface area contributed by atoms with Gasteiger partial charge in [0.25, 0.3) is 5.22 Å². The van der Waals surface area contributed by atoms with E-state index >= 15 is 0 Å². The fourth-order valence-electron chi connectivity index (χ4n) is 1.60. The van der Waals surface area contributed by atoms with E-state index in [4.69, 9.17) is 4.42 Å². The molecular formula is C14H12F4N2O2S. The highest BCUT2D eigenvalue weighted by Crippen LogP contribution is 2.28. The zero-order chi connectivity index (χ0) is 17.0. The van der Waals surface area contributed by atoms with Gasteiger partial charge in [-0.3, -0.25) is 4.79 Å². The highest BCUT2D eigenvalue weighted by molar-refractivity contribution is 8.00. The van der Waals surface area contributed by atoms with Crippen LogP contribution in [-0.4, -0.2) is 28.9 Å². The summed E-state index contributed by atoms with van der Waals surface area (Å²) in [6, 6.07) is 5.53. The molecule has 0 aliphatic rings. The van der Waals surface area contributed by atoms with E-state index < -0.39 is 29.7 Å². The van der Waals surface area contributed by atoms with E-state index in [2.05, 4.69) is 4.98 Å².